The van der Waals surface area contributed by atoms with Crippen LogP contribution in [0.2, 0.25) is 0 Å². The Kier molecular flexibility index (Phi) is 7.09. The van der Waals surface area contributed by atoms with Crippen molar-refractivity contribution < 1.29 is 29.1 Å². The summed E-state index contributed by atoms with van der Waals surface area (Å²) in [6.07, 6.45) is -0.415. The number of carbonyl (C=O) groups excluding carboxylic acids is 1. The van der Waals surface area contributed by atoms with Crippen molar-refractivity contribution in [2.75, 3.05) is 13.7 Å². The number of nitro groups is 1. The molecular weight excluding hydrogens is 392 g/mol. The second kappa shape index (κ2) is 9.17. The zero-order valence-corrected chi connectivity index (χ0v) is 17.7. The third kappa shape index (κ3) is 4.25. The maximum Gasteiger partial charge on any atom is 0.336 e. The molecule has 0 spiro atoms. The van der Waals surface area contributed by atoms with Gasteiger partial charge in [-0.3, -0.25) is 19.9 Å². The zero-order valence-electron chi connectivity index (χ0n) is 17.7. The summed E-state index contributed by atoms with van der Waals surface area (Å²) >= 11 is 0. The summed E-state index contributed by atoms with van der Waals surface area (Å²) in [5.41, 5.74) is -0.810. The first-order valence-corrected chi connectivity index (χ1v) is 9.50. The van der Waals surface area contributed by atoms with Gasteiger partial charge in [0.05, 0.1) is 16.6 Å². The first-order valence-electron chi connectivity index (χ1n) is 9.50. The molecule has 1 aromatic carbocycles. The Morgan fingerprint density at radius 2 is 2.00 bits per heavy atom. The molecule has 0 bridgehead atoms. The van der Waals surface area contributed by atoms with Gasteiger partial charge in [0.2, 0.25) is 0 Å². The van der Waals surface area contributed by atoms with Gasteiger partial charge in [0.1, 0.15) is 5.41 Å². The summed E-state index contributed by atoms with van der Waals surface area (Å²) in [5.74, 6) is -2.92. The fourth-order valence-electron chi connectivity index (χ4n) is 3.86. The molecule has 0 aromatic heterocycles. The summed E-state index contributed by atoms with van der Waals surface area (Å²) in [4.78, 5) is 40.8. The quantitative estimate of drug-likeness (QED) is 0.389. The molecule has 0 saturated carbocycles. The van der Waals surface area contributed by atoms with E-state index in [0.717, 1.165) is 0 Å². The lowest BCUT2D eigenvalue weighted by Crippen LogP contribution is -2.48. The molecule has 2 rings (SSSR count). The molecule has 2 unspecified atom stereocenters. The number of esters is 1. The van der Waals surface area contributed by atoms with E-state index in [1.165, 1.54) is 25.3 Å². The van der Waals surface area contributed by atoms with Crippen LogP contribution in [0.25, 0.3) is 0 Å². The molecule has 1 aromatic rings. The number of hydrogen-bond acceptors (Lipinski definition) is 7. The third-order valence-electron chi connectivity index (χ3n) is 5.21. The molecule has 0 aliphatic carbocycles. The van der Waals surface area contributed by atoms with Gasteiger partial charge in [0.25, 0.3) is 5.69 Å². The van der Waals surface area contributed by atoms with E-state index in [9.17, 15) is 24.8 Å². The van der Waals surface area contributed by atoms with Gasteiger partial charge in [-0.25, -0.2) is 4.79 Å². The fraction of sp³-hybridized carbons (Fsp3) is 0.476. The van der Waals surface area contributed by atoms with E-state index < -0.39 is 34.3 Å². The summed E-state index contributed by atoms with van der Waals surface area (Å²) in [6, 6.07) is 5.66. The first-order chi connectivity index (χ1) is 14.1. The molecule has 0 saturated heterocycles. The summed E-state index contributed by atoms with van der Waals surface area (Å²) < 4.78 is 10.5. The van der Waals surface area contributed by atoms with Gasteiger partial charge in [0.15, 0.2) is 0 Å². The molecule has 30 heavy (non-hydrogen) atoms. The molecule has 162 valence electrons. The third-order valence-corrected chi connectivity index (χ3v) is 5.21. The number of hydrogen-bond donors (Lipinski definition) is 1. The van der Waals surface area contributed by atoms with Gasteiger partial charge >= 0.3 is 11.9 Å². The van der Waals surface area contributed by atoms with E-state index >= 15 is 0 Å². The van der Waals surface area contributed by atoms with E-state index in [1.807, 2.05) is 0 Å². The number of carboxylic acids is 1. The maximum absolute atomic E-state index is 13.0. The predicted molar refractivity (Wildman–Crippen MR) is 109 cm³/mol. The number of carbonyl (C=O) groups is 2. The Bertz CT molecular complexity index is 920. The molecule has 1 heterocycles. The van der Waals surface area contributed by atoms with Crippen LogP contribution in [0.4, 0.5) is 5.69 Å². The van der Waals surface area contributed by atoms with Crippen LogP contribution in [0, 0.1) is 15.5 Å². The lowest BCUT2D eigenvalue weighted by molar-refractivity contribution is -0.384. The van der Waals surface area contributed by atoms with Crippen LogP contribution >= 0.6 is 0 Å². The van der Waals surface area contributed by atoms with Crippen LogP contribution in [-0.2, 0) is 19.1 Å². The molecule has 9 heteroatoms. The molecule has 0 amide bonds. The fourth-order valence-corrected chi connectivity index (χ4v) is 3.86. The number of nitrogens with zero attached hydrogens (tertiary/aromatic N) is 2. The smallest absolute Gasteiger partial charge is 0.336 e. The number of non-ortho nitro benzene ring substituents is 1. The summed E-state index contributed by atoms with van der Waals surface area (Å²) in [6.45, 7) is 6.65. The number of carboxylic acid groups (broad SMARTS) is 1. The Hall–Kier alpha value is -3.07. The standard InChI is InChI=1S/C21H26N2O7/c1-12(2)30-19(24)17-13(3)22-14(4)21(20(25)26,9-10-29-5)18(17)15-7-6-8-16(11-15)23(27)28/h6-8,11-12,18H,9-10H2,1-5H3,(H,25,26). The van der Waals surface area contributed by atoms with E-state index in [4.69, 9.17) is 9.47 Å². The highest BCUT2D eigenvalue weighted by Gasteiger charge is 2.54. The molecule has 1 aliphatic heterocycles. The van der Waals surface area contributed by atoms with Crippen molar-refractivity contribution in [2.45, 2.75) is 46.1 Å². The largest absolute Gasteiger partial charge is 0.481 e. The Labute approximate surface area is 174 Å². The topological polar surface area (TPSA) is 128 Å². The highest BCUT2D eigenvalue weighted by molar-refractivity contribution is 6.10. The lowest BCUT2D eigenvalue weighted by atomic mass is 9.62. The lowest BCUT2D eigenvalue weighted by Gasteiger charge is -2.41. The highest BCUT2D eigenvalue weighted by atomic mass is 16.6. The molecule has 1 N–H and O–H groups in total. The van der Waals surface area contributed by atoms with Gasteiger partial charge < -0.3 is 14.6 Å². The van der Waals surface area contributed by atoms with Gasteiger partial charge in [-0.1, -0.05) is 12.1 Å². The molecular formula is C21H26N2O7. The van der Waals surface area contributed by atoms with Crippen molar-refractivity contribution in [1.29, 1.82) is 0 Å². The van der Waals surface area contributed by atoms with Crippen LogP contribution in [0.3, 0.4) is 0 Å². The van der Waals surface area contributed by atoms with E-state index in [-0.39, 0.29) is 24.3 Å². The minimum atomic E-state index is -1.63. The Morgan fingerprint density at radius 1 is 1.33 bits per heavy atom. The van der Waals surface area contributed by atoms with E-state index in [2.05, 4.69) is 4.99 Å². The average Bonchev–Trinajstić information content (AvgIpc) is 2.66. The second-order valence-corrected chi connectivity index (χ2v) is 7.45. The average molecular weight is 418 g/mol. The number of rotatable bonds is 8. The Morgan fingerprint density at radius 3 is 2.53 bits per heavy atom. The van der Waals surface area contributed by atoms with E-state index in [1.54, 1.807) is 33.8 Å². The van der Waals surface area contributed by atoms with Gasteiger partial charge in [-0.05, 0) is 39.7 Å². The number of benzene rings is 1. The molecule has 1 aliphatic rings. The maximum atomic E-state index is 13.0. The predicted octanol–water partition coefficient (Wildman–Crippen LogP) is 3.49. The van der Waals surface area contributed by atoms with E-state index in [0.29, 0.717) is 17.0 Å². The van der Waals surface area contributed by atoms with Crippen LogP contribution < -0.4 is 0 Å². The first kappa shape index (κ1) is 23.2. The number of aliphatic imine (C=N–C) groups is 1. The van der Waals surface area contributed by atoms with Crippen molar-refractivity contribution >= 4 is 23.3 Å². The number of nitro benzene ring substituents is 1. The summed E-state index contributed by atoms with van der Waals surface area (Å²) in [5, 5.41) is 21.7. The summed E-state index contributed by atoms with van der Waals surface area (Å²) in [7, 11) is 1.45. The van der Waals surface area contributed by atoms with Crippen LogP contribution in [0.1, 0.15) is 45.6 Å². The molecule has 0 fully saturated rings. The van der Waals surface area contributed by atoms with Crippen molar-refractivity contribution in [3.05, 3.63) is 51.2 Å². The minimum absolute atomic E-state index is 0.0211. The van der Waals surface area contributed by atoms with Crippen molar-refractivity contribution in [3.8, 4) is 0 Å². The number of methoxy groups -OCH3 is 1. The van der Waals surface area contributed by atoms with Crippen LogP contribution in [-0.4, -0.2) is 47.5 Å². The van der Waals surface area contributed by atoms with Crippen molar-refractivity contribution in [1.82, 2.24) is 0 Å². The molecule has 2 atom stereocenters. The molecule has 0 radical (unpaired) electrons. The van der Waals surface area contributed by atoms with Gasteiger partial charge in [0, 0.05) is 43.2 Å². The molecule has 9 nitrogen and oxygen atoms in total. The van der Waals surface area contributed by atoms with Gasteiger partial charge in [-0.15, -0.1) is 0 Å². The monoisotopic (exact) mass is 418 g/mol. The number of ether oxygens (including phenoxy) is 2. The van der Waals surface area contributed by atoms with Crippen molar-refractivity contribution in [3.63, 3.8) is 0 Å². The SMILES string of the molecule is COCCC1(C(=O)O)C(C)=NC(C)=C(C(=O)OC(C)C)C1c1cccc([N+](=O)[O-])c1. The number of aliphatic carboxylic acids is 1. The normalized spacial score (nSPS) is 21.4. The highest BCUT2D eigenvalue weighted by Crippen LogP contribution is 2.50. The van der Waals surface area contributed by atoms with Crippen molar-refractivity contribution in [2.24, 2.45) is 10.4 Å². The Balaban J connectivity index is 2.83. The zero-order chi connectivity index (χ0) is 22.6. The number of allylic oxidation sites excluding steroid dienone is 1. The van der Waals surface area contributed by atoms with Crippen LogP contribution in [0.5, 0.6) is 0 Å². The minimum Gasteiger partial charge on any atom is -0.481 e. The second-order valence-electron chi connectivity index (χ2n) is 7.45. The van der Waals surface area contributed by atoms with Gasteiger partial charge in [-0.2, -0.15) is 0 Å². The van der Waals surface area contributed by atoms with Crippen LogP contribution in [0.15, 0.2) is 40.5 Å².